The van der Waals surface area contributed by atoms with Crippen LogP contribution in [0.4, 0.5) is 5.69 Å². The van der Waals surface area contributed by atoms with E-state index < -0.39 is 0 Å². The fourth-order valence-corrected chi connectivity index (χ4v) is 2.50. The molecule has 0 radical (unpaired) electrons. The second-order valence-corrected chi connectivity index (χ2v) is 5.74. The van der Waals surface area contributed by atoms with Crippen LogP contribution in [0, 0.1) is 0 Å². The SMILES string of the molecule is CCOc1ccc(NC(=O)C(C)Sc2ccccn2)cc1. The predicted octanol–water partition coefficient (Wildman–Crippen LogP) is 3.60. The molecule has 0 aliphatic carbocycles. The summed E-state index contributed by atoms with van der Waals surface area (Å²) in [4.78, 5) is 16.3. The number of carbonyl (C=O) groups is 1. The number of ether oxygens (including phenoxy) is 1. The van der Waals surface area contributed by atoms with Gasteiger partial charge in [-0.15, -0.1) is 0 Å². The highest BCUT2D eigenvalue weighted by Crippen LogP contribution is 2.22. The van der Waals surface area contributed by atoms with Gasteiger partial charge in [-0.05, 0) is 50.2 Å². The van der Waals surface area contributed by atoms with Crippen LogP contribution in [0.2, 0.25) is 0 Å². The molecule has 1 N–H and O–H groups in total. The van der Waals surface area contributed by atoms with Crippen molar-refractivity contribution >= 4 is 23.4 Å². The Labute approximate surface area is 128 Å². The number of carbonyl (C=O) groups excluding carboxylic acids is 1. The lowest BCUT2D eigenvalue weighted by atomic mass is 10.3. The second-order valence-electron chi connectivity index (χ2n) is 4.37. The molecular formula is C16H18N2O2S. The second kappa shape index (κ2) is 7.69. The molecule has 2 aromatic rings. The standard InChI is InChI=1S/C16H18N2O2S/c1-3-20-14-9-7-13(8-10-14)18-16(19)12(2)21-15-6-4-5-11-17-15/h4-12H,3H2,1-2H3,(H,18,19). The van der Waals surface area contributed by atoms with Gasteiger partial charge in [0, 0.05) is 11.9 Å². The third-order valence-corrected chi connectivity index (χ3v) is 3.79. The van der Waals surface area contributed by atoms with Crippen molar-refractivity contribution in [1.82, 2.24) is 4.98 Å². The molecule has 1 aromatic heterocycles. The monoisotopic (exact) mass is 302 g/mol. The van der Waals surface area contributed by atoms with E-state index in [1.807, 2.05) is 56.3 Å². The van der Waals surface area contributed by atoms with Crippen molar-refractivity contribution in [3.8, 4) is 5.75 Å². The molecule has 4 nitrogen and oxygen atoms in total. The van der Waals surface area contributed by atoms with Gasteiger partial charge in [0.15, 0.2) is 0 Å². The summed E-state index contributed by atoms with van der Waals surface area (Å²) in [6.45, 7) is 4.43. The van der Waals surface area contributed by atoms with Crippen LogP contribution in [0.15, 0.2) is 53.7 Å². The van der Waals surface area contributed by atoms with E-state index in [9.17, 15) is 4.79 Å². The van der Waals surface area contributed by atoms with Gasteiger partial charge in [0.25, 0.3) is 0 Å². The Balaban J connectivity index is 1.91. The fourth-order valence-electron chi connectivity index (χ4n) is 1.70. The van der Waals surface area contributed by atoms with Crippen molar-refractivity contribution in [1.29, 1.82) is 0 Å². The van der Waals surface area contributed by atoms with Gasteiger partial charge in [-0.2, -0.15) is 0 Å². The molecule has 21 heavy (non-hydrogen) atoms. The molecule has 0 saturated carbocycles. The summed E-state index contributed by atoms with van der Waals surface area (Å²) < 4.78 is 5.37. The van der Waals surface area contributed by atoms with Crippen LogP contribution in [-0.2, 0) is 4.79 Å². The Morgan fingerprint density at radius 2 is 2.05 bits per heavy atom. The lowest BCUT2D eigenvalue weighted by Crippen LogP contribution is -2.22. The normalized spacial score (nSPS) is 11.7. The van der Waals surface area contributed by atoms with Gasteiger partial charge >= 0.3 is 0 Å². The van der Waals surface area contributed by atoms with Crippen molar-refractivity contribution in [3.63, 3.8) is 0 Å². The molecule has 1 heterocycles. The lowest BCUT2D eigenvalue weighted by molar-refractivity contribution is -0.115. The number of thioether (sulfide) groups is 1. The maximum absolute atomic E-state index is 12.1. The lowest BCUT2D eigenvalue weighted by Gasteiger charge is -2.12. The molecule has 0 bridgehead atoms. The largest absolute Gasteiger partial charge is 0.494 e. The number of rotatable bonds is 6. The summed E-state index contributed by atoms with van der Waals surface area (Å²) in [6, 6.07) is 13.0. The molecule has 0 fully saturated rings. The zero-order valence-electron chi connectivity index (χ0n) is 12.1. The molecular weight excluding hydrogens is 284 g/mol. The minimum Gasteiger partial charge on any atom is -0.494 e. The number of pyridine rings is 1. The summed E-state index contributed by atoms with van der Waals surface area (Å²) in [5.41, 5.74) is 0.761. The molecule has 1 aromatic carbocycles. The Morgan fingerprint density at radius 1 is 1.29 bits per heavy atom. The van der Waals surface area contributed by atoms with Crippen molar-refractivity contribution in [2.75, 3.05) is 11.9 Å². The highest BCUT2D eigenvalue weighted by atomic mass is 32.2. The van der Waals surface area contributed by atoms with Gasteiger partial charge in [-0.3, -0.25) is 4.79 Å². The van der Waals surface area contributed by atoms with Crippen LogP contribution >= 0.6 is 11.8 Å². The van der Waals surface area contributed by atoms with E-state index in [-0.39, 0.29) is 11.2 Å². The van der Waals surface area contributed by atoms with Gasteiger partial charge in [0.05, 0.1) is 16.9 Å². The molecule has 110 valence electrons. The molecule has 1 unspecified atom stereocenters. The minimum atomic E-state index is -0.216. The van der Waals surface area contributed by atoms with Crippen LogP contribution in [0.3, 0.4) is 0 Å². The third-order valence-electron chi connectivity index (χ3n) is 2.74. The highest BCUT2D eigenvalue weighted by molar-refractivity contribution is 8.00. The number of hydrogen-bond donors (Lipinski definition) is 1. The summed E-state index contributed by atoms with van der Waals surface area (Å²) in [5, 5.41) is 3.51. The Morgan fingerprint density at radius 3 is 2.67 bits per heavy atom. The quantitative estimate of drug-likeness (QED) is 0.828. The summed E-state index contributed by atoms with van der Waals surface area (Å²) in [7, 11) is 0. The highest BCUT2D eigenvalue weighted by Gasteiger charge is 2.15. The summed E-state index contributed by atoms with van der Waals surface area (Å²) >= 11 is 1.43. The van der Waals surface area contributed by atoms with Crippen molar-refractivity contribution in [2.24, 2.45) is 0 Å². The third kappa shape index (κ3) is 4.79. The molecule has 1 atom stereocenters. The fraction of sp³-hybridized carbons (Fsp3) is 0.250. The van der Waals surface area contributed by atoms with E-state index in [0.717, 1.165) is 16.5 Å². The Hall–Kier alpha value is -2.01. The molecule has 0 saturated heterocycles. The number of amides is 1. The molecule has 2 rings (SSSR count). The number of hydrogen-bond acceptors (Lipinski definition) is 4. The number of nitrogens with zero attached hydrogens (tertiary/aromatic N) is 1. The number of nitrogens with one attached hydrogen (secondary N) is 1. The van der Waals surface area contributed by atoms with Gasteiger partial charge < -0.3 is 10.1 Å². The summed E-state index contributed by atoms with van der Waals surface area (Å²) in [5.74, 6) is 0.751. The van der Waals surface area contributed by atoms with E-state index in [2.05, 4.69) is 10.3 Å². The molecule has 5 heteroatoms. The van der Waals surface area contributed by atoms with Crippen LogP contribution < -0.4 is 10.1 Å². The van der Waals surface area contributed by atoms with E-state index in [0.29, 0.717) is 6.61 Å². The van der Waals surface area contributed by atoms with Crippen LogP contribution in [0.25, 0.3) is 0 Å². The average molecular weight is 302 g/mol. The zero-order chi connectivity index (χ0) is 15.1. The van der Waals surface area contributed by atoms with Crippen molar-refractivity contribution in [3.05, 3.63) is 48.7 Å². The van der Waals surface area contributed by atoms with Crippen LogP contribution in [-0.4, -0.2) is 22.7 Å². The first-order valence-corrected chi connectivity index (χ1v) is 7.68. The van der Waals surface area contributed by atoms with E-state index in [1.165, 1.54) is 11.8 Å². The number of benzene rings is 1. The number of aromatic nitrogens is 1. The first kappa shape index (κ1) is 15.4. The van der Waals surface area contributed by atoms with E-state index in [4.69, 9.17) is 4.74 Å². The maximum Gasteiger partial charge on any atom is 0.237 e. The minimum absolute atomic E-state index is 0.0465. The van der Waals surface area contributed by atoms with Gasteiger partial charge in [0.1, 0.15) is 5.75 Å². The van der Waals surface area contributed by atoms with Gasteiger partial charge in [-0.25, -0.2) is 4.98 Å². The summed E-state index contributed by atoms with van der Waals surface area (Å²) in [6.07, 6.45) is 1.72. The van der Waals surface area contributed by atoms with Gasteiger partial charge in [0.2, 0.25) is 5.91 Å². The first-order valence-electron chi connectivity index (χ1n) is 6.80. The number of anilines is 1. The van der Waals surface area contributed by atoms with E-state index in [1.54, 1.807) is 6.20 Å². The van der Waals surface area contributed by atoms with Crippen molar-refractivity contribution in [2.45, 2.75) is 24.1 Å². The first-order chi connectivity index (χ1) is 10.2. The molecule has 1 amide bonds. The van der Waals surface area contributed by atoms with Crippen molar-refractivity contribution < 1.29 is 9.53 Å². The Kier molecular flexibility index (Phi) is 5.63. The smallest absolute Gasteiger partial charge is 0.237 e. The van der Waals surface area contributed by atoms with Gasteiger partial charge in [-0.1, -0.05) is 17.8 Å². The topological polar surface area (TPSA) is 51.2 Å². The molecule has 0 spiro atoms. The zero-order valence-corrected chi connectivity index (χ0v) is 12.9. The molecule has 0 aliphatic rings. The Bertz CT molecular complexity index is 573. The average Bonchev–Trinajstić information content (AvgIpc) is 2.50. The van der Waals surface area contributed by atoms with Crippen LogP contribution in [0.5, 0.6) is 5.75 Å². The molecule has 0 aliphatic heterocycles. The predicted molar refractivity (Wildman–Crippen MR) is 85.8 cm³/mol. The van der Waals surface area contributed by atoms with Crippen LogP contribution in [0.1, 0.15) is 13.8 Å². The van der Waals surface area contributed by atoms with E-state index >= 15 is 0 Å². The maximum atomic E-state index is 12.1.